The molecule has 0 fully saturated rings. The van der Waals surface area contributed by atoms with E-state index in [1.165, 1.54) is 38.7 Å². The van der Waals surface area contributed by atoms with Gasteiger partial charge in [-0.05, 0) is 29.9 Å². The monoisotopic (exact) mass is 425 g/mol. The molecule has 0 bridgehead atoms. The van der Waals surface area contributed by atoms with Crippen LogP contribution in [0.1, 0.15) is 16.4 Å². The maximum absolute atomic E-state index is 12.6. The lowest BCUT2D eigenvalue weighted by Crippen LogP contribution is -2.22. The van der Waals surface area contributed by atoms with Crippen molar-refractivity contribution in [3.05, 3.63) is 43.1 Å². The van der Waals surface area contributed by atoms with Crippen LogP contribution in [0, 0.1) is 3.95 Å². The summed E-state index contributed by atoms with van der Waals surface area (Å²) in [4.78, 5) is 28.8. The number of aromatic nitrogens is 1. The molecular weight excluding hydrogens is 410 g/mol. The number of aromatic amines is 1. The number of thioether (sulfide) groups is 1. The van der Waals surface area contributed by atoms with Crippen molar-refractivity contribution in [1.82, 2.24) is 4.98 Å². The van der Waals surface area contributed by atoms with Gasteiger partial charge in [0.05, 0.1) is 42.7 Å². The standard InChI is InChI=1S/C17H15NO6S3/c1-22-9-5-4-7(6-8(9)19)10-11(15(20)23-2)13(16(21)24-3)26-14-12(10)27-17(25)18-14/h4-6,10,19H,1-3H3,(H,18,25). The number of esters is 2. The summed E-state index contributed by atoms with van der Waals surface area (Å²) >= 11 is 7.62. The third-order valence-electron chi connectivity index (χ3n) is 3.95. The smallest absolute Gasteiger partial charge is 0.345 e. The molecule has 1 aromatic carbocycles. The fourth-order valence-electron chi connectivity index (χ4n) is 2.78. The number of phenols is 1. The van der Waals surface area contributed by atoms with E-state index in [-0.39, 0.29) is 16.2 Å². The van der Waals surface area contributed by atoms with Gasteiger partial charge in [0.1, 0.15) is 4.91 Å². The molecule has 2 heterocycles. The van der Waals surface area contributed by atoms with Gasteiger partial charge in [0.2, 0.25) is 0 Å². The summed E-state index contributed by atoms with van der Waals surface area (Å²) < 4.78 is 15.4. The van der Waals surface area contributed by atoms with E-state index in [0.29, 0.717) is 20.3 Å². The maximum atomic E-state index is 12.6. The third kappa shape index (κ3) is 3.47. The summed E-state index contributed by atoms with van der Waals surface area (Å²) in [6, 6.07) is 4.79. The van der Waals surface area contributed by atoms with Gasteiger partial charge in [-0.25, -0.2) is 9.59 Å². The SMILES string of the molecule is COC(=O)C1=C(C(=O)OC)C(c2ccc(OC)c(O)c2)c2sc(=S)[nH]c2S1. The Hall–Kier alpha value is -2.30. The molecule has 1 aromatic heterocycles. The Kier molecular flexibility index (Phi) is 5.59. The Bertz CT molecular complexity index is 1010. The Morgan fingerprint density at radius 1 is 1.19 bits per heavy atom. The molecule has 7 nitrogen and oxygen atoms in total. The number of methoxy groups -OCH3 is 3. The molecule has 0 amide bonds. The molecule has 1 atom stereocenters. The first kappa shape index (κ1) is 19.5. The number of H-pyrrole nitrogens is 1. The first-order valence-corrected chi connectivity index (χ1v) is 9.63. The third-order valence-corrected chi connectivity index (χ3v) is 6.50. The minimum absolute atomic E-state index is 0.0854. The zero-order valence-corrected chi connectivity index (χ0v) is 17.0. The Morgan fingerprint density at radius 3 is 2.48 bits per heavy atom. The van der Waals surface area contributed by atoms with Crippen LogP contribution in [0.2, 0.25) is 0 Å². The number of hydrogen-bond donors (Lipinski definition) is 2. The van der Waals surface area contributed by atoms with Crippen LogP contribution in [-0.2, 0) is 19.1 Å². The zero-order valence-electron chi connectivity index (χ0n) is 14.5. The molecule has 0 saturated heterocycles. The van der Waals surface area contributed by atoms with E-state index >= 15 is 0 Å². The van der Waals surface area contributed by atoms with Crippen LogP contribution in [0.25, 0.3) is 0 Å². The maximum Gasteiger partial charge on any atom is 0.345 e. The number of thiazole rings is 1. The average Bonchev–Trinajstić information content (AvgIpc) is 3.04. The minimum atomic E-state index is -0.659. The number of carbonyl (C=O) groups is 2. The van der Waals surface area contributed by atoms with Gasteiger partial charge in [0, 0.05) is 0 Å². The van der Waals surface area contributed by atoms with Crippen molar-refractivity contribution >= 4 is 47.3 Å². The van der Waals surface area contributed by atoms with Gasteiger partial charge >= 0.3 is 11.9 Å². The Labute approximate surface area is 168 Å². The number of ether oxygens (including phenoxy) is 3. The summed E-state index contributed by atoms with van der Waals surface area (Å²) in [5, 5.41) is 10.9. The molecule has 0 aliphatic carbocycles. The van der Waals surface area contributed by atoms with Crippen LogP contribution >= 0.6 is 35.3 Å². The number of aromatic hydroxyl groups is 1. The van der Waals surface area contributed by atoms with E-state index in [9.17, 15) is 14.7 Å². The van der Waals surface area contributed by atoms with E-state index in [2.05, 4.69) is 4.98 Å². The molecular formula is C17H15NO6S3. The van der Waals surface area contributed by atoms with Crippen molar-refractivity contribution in [2.24, 2.45) is 0 Å². The molecule has 1 aliphatic heterocycles. The van der Waals surface area contributed by atoms with Crippen molar-refractivity contribution in [3.8, 4) is 11.5 Å². The van der Waals surface area contributed by atoms with Gasteiger partial charge < -0.3 is 24.3 Å². The number of fused-ring (bicyclic) bond motifs is 1. The summed E-state index contributed by atoms with van der Waals surface area (Å²) in [7, 11) is 3.92. The summed E-state index contributed by atoms with van der Waals surface area (Å²) in [5.41, 5.74) is 0.721. The van der Waals surface area contributed by atoms with Crippen molar-refractivity contribution in [1.29, 1.82) is 0 Å². The summed E-state index contributed by atoms with van der Waals surface area (Å²) in [6.45, 7) is 0. The highest BCUT2D eigenvalue weighted by Gasteiger charge is 2.39. The molecule has 2 N–H and O–H groups in total. The number of hydrogen-bond acceptors (Lipinski definition) is 9. The predicted molar refractivity (Wildman–Crippen MR) is 103 cm³/mol. The van der Waals surface area contributed by atoms with Gasteiger partial charge in [-0.3, -0.25) is 0 Å². The topological polar surface area (TPSA) is 97.9 Å². The second-order valence-corrected chi connectivity index (χ2v) is 8.14. The highest BCUT2D eigenvalue weighted by molar-refractivity contribution is 8.04. The zero-order chi connectivity index (χ0) is 19.7. The molecule has 0 spiro atoms. The van der Waals surface area contributed by atoms with Crippen molar-refractivity contribution < 1.29 is 28.9 Å². The summed E-state index contributed by atoms with van der Waals surface area (Å²) in [5.74, 6) is -1.76. The molecule has 142 valence electrons. The fourth-order valence-corrected chi connectivity index (χ4v) is 5.45. The molecule has 2 aromatic rings. The molecule has 1 aliphatic rings. The molecule has 27 heavy (non-hydrogen) atoms. The van der Waals surface area contributed by atoms with Gasteiger partial charge in [0.25, 0.3) is 0 Å². The molecule has 10 heteroatoms. The lowest BCUT2D eigenvalue weighted by molar-refractivity contribution is -0.139. The van der Waals surface area contributed by atoms with Crippen LogP contribution in [-0.4, -0.2) is 43.4 Å². The number of benzene rings is 1. The van der Waals surface area contributed by atoms with Crippen molar-refractivity contribution in [2.45, 2.75) is 10.9 Å². The minimum Gasteiger partial charge on any atom is -0.504 e. The average molecular weight is 426 g/mol. The highest BCUT2D eigenvalue weighted by atomic mass is 32.2. The van der Waals surface area contributed by atoms with Gasteiger partial charge in [0.15, 0.2) is 15.5 Å². The molecule has 0 radical (unpaired) electrons. The van der Waals surface area contributed by atoms with Gasteiger partial charge in [-0.2, -0.15) is 0 Å². The Balaban J connectivity index is 2.29. The molecule has 0 saturated carbocycles. The number of phenolic OH excluding ortho intramolecular Hbond substituents is 1. The second kappa shape index (κ2) is 7.75. The van der Waals surface area contributed by atoms with Crippen LogP contribution < -0.4 is 4.74 Å². The lowest BCUT2D eigenvalue weighted by atomic mass is 9.88. The van der Waals surface area contributed by atoms with Crippen LogP contribution in [0.4, 0.5) is 0 Å². The number of carbonyl (C=O) groups excluding carboxylic acids is 2. The first-order chi connectivity index (χ1) is 12.9. The van der Waals surface area contributed by atoms with Gasteiger partial charge in [-0.1, -0.05) is 17.8 Å². The van der Waals surface area contributed by atoms with Crippen molar-refractivity contribution in [3.63, 3.8) is 0 Å². The number of rotatable bonds is 4. The van der Waals surface area contributed by atoms with E-state index in [1.54, 1.807) is 12.1 Å². The largest absolute Gasteiger partial charge is 0.504 e. The van der Waals surface area contributed by atoms with E-state index in [4.69, 9.17) is 26.4 Å². The molecule has 3 rings (SSSR count). The molecule has 1 unspecified atom stereocenters. The predicted octanol–water partition coefficient (Wildman–Crippen LogP) is 3.36. The van der Waals surface area contributed by atoms with Crippen LogP contribution in [0.3, 0.4) is 0 Å². The lowest BCUT2D eigenvalue weighted by Gasteiger charge is -2.26. The van der Waals surface area contributed by atoms with Crippen LogP contribution in [0.5, 0.6) is 11.5 Å². The fraction of sp³-hybridized carbons (Fsp3) is 0.235. The highest BCUT2D eigenvalue weighted by Crippen LogP contribution is 2.50. The van der Waals surface area contributed by atoms with E-state index < -0.39 is 17.9 Å². The van der Waals surface area contributed by atoms with Crippen LogP contribution in [0.15, 0.2) is 33.7 Å². The van der Waals surface area contributed by atoms with E-state index in [0.717, 1.165) is 16.6 Å². The van der Waals surface area contributed by atoms with E-state index in [1.807, 2.05) is 0 Å². The Morgan fingerprint density at radius 2 is 1.89 bits per heavy atom. The quantitative estimate of drug-likeness (QED) is 0.568. The summed E-state index contributed by atoms with van der Waals surface area (Å²) in [6.07, 6.45) is 0. The normalized spacial score (nSPS) is 15.9. The first-order valence-electron chi connectivity index (χ1n) is 7.59. The van der Waals surface area contributed by atoms with Crippen molar-refractivity contribution in [2.75, 3.05) is 21.3 Å². The van der Waals surface area contributed by atoms with Gasteiger partial charge in [-0.15, -0.1) is 11.3 Å². The number of nitrogens with one attached hydrogen (secondary N) is 1. The second-order valence-electron chi connectivity index (χ2n) is 5.40.